The highest BCUT2D eigenvalue weighted by Gasteiger charge is 2.31. The zero-order valence-corrected chi connectivity index (χ0v) is 14.5. The summed E-state index contributed by atoms with van der Waals surface area (Å²) >= 11 is 0. The third-order valence-corrected chi connectivity index (χ3v) is 4.69. The van der Waals surface area contributed by atoms with Crippen molar-refractivity contribution in [3.05, 3.63) is 60.4 Å². The Hall–Kier alpha value is -3.02. The Morgan fingerprint density at radius 1 is 1.08 bits per heavy atom. The van der Waals surface area contributed by atoms with Gasteiger partial charge in [-0.15, -0.1) is 0 Å². The molecule has 26 heavy (non-hydrogen) atoms. The van der Waals surface area contributed by atoms with Crippen LogP contribution >= 0.6 is 0 Å². The van der Waals surface area contributed by atoms with Crippen LogP contribution in [-0.2, 0) is 11.2 Å². The Balaban J connectivity index is 1.33. The lowest BCUT2D eigenvalue weighted by atomic mass is 10.1. The molecule has 1 aliphatic heterocycles. The quantitative estimate of drug-likeness (QED) is 0.742. The first-order valence-electron chi connectivity index (χ1n) is 8.96. The van der Waals surface area contributed by atoms with Crippen molar-refractivity contribution in [2.75, 3.05) is 18.4 Å². The molecular weight excluding hydrogens is 326 g/mol. The smallest absolute Gasteiger partial charge is 0.245 e. The highest BCUT2D eigenvalue weighted by Crippen LogP contribution is 2.18. The fraction of sp³-hybridized carbons (Fsp3) is 0.300. The molecule has 1 fully saturated rings. The Bertz CT molecular complexity index is 899. The lowest BCUT2D eigenvalue weighted by Crippen LogP contribution is -2.34. The van der Waals surface area contributed by atoms with Gasteiger partial charge < -0.3 is 10.2 Å². The highest BCUT2D eigenvalue weighted by molar-refractivity contribution is 5.86. The van der Waals surface area contributed by atoms with Gasteiger partial charge in [0.15, 0.2) is 5.65 Å². The van der Waals surface area contributed by atoms with Crippen LogP contribution in [0, 0.1) is 0 Å². The van der Waals surface area contributed by atoms with Crippen molar-refractivity contribution in [3.63, 3.8) is 0 Å². The number of nitrogens with one attached hydrogen (secondary N) is 1. The number of carbonyl (C=O) groups excluding carboxylic acids is 1. The topological polar surface area (TPSA) is 71.0 Å². The number of aromatic nitrogens is 3. The second kappa shape index (κ2) is 7.47. The van der Waals surface area contributed by atoms with Crippen LogP contribution in [0.4, 0.5) is 5.82 Å². The molecule has 1 saturated heterocycles. The molecular formula is C20H21N5O. The number of fused-ring (bicyclic) bond motifs is 1. The number of benzene rings is 1. The number of hydrogen-bond donors (Lipinski definition) is 1. The second-order valence-corrected chi connectivity index (χ2v) is 6.50. The standard InChI is InChI=1S/C20H21N5O/c26-20-17(23-18-9-8-16-19(24-18)22-12-11-21-16)10-14-25(20)13-4-7-15-5-2-1-3-6-15/h1-3,5-6,8-9,11-12,17H,4,7,10,13-14H2,(H,22,23,24). The summed E-state index contributed by atoms with van der Waals surface area (Å²) in [6.45, 7) is 1.58. The molecule has 1 N–H and O–H groups in total. The minimum Gasteiger partial charge on any atom is -0.358 e. The molecule has 6 nitrogen and oxygen atoms in total. The van der Waals surface area contributed by atoms with Crippen molar-refractivity contribution in [1.29, 1.82) is 0 Å². The summed E-state index contributed by atoms with van der Waals surface area (Å²) in [7, 11) is 0. The minimum atomic E-state index is -0.214. The van der Waals surface area contributed by atoms with Gasteiger partial charge in [-0.2, -0.15) is 0 Å². The molecule has 1 amide bonds. The molecule has 3 aromatic rings. The maximum absolute atomic E-state index is 12.6. The van der Waals surface area contributed by atoms with E-state index in [1.807, 2.05) is 23.1 Å². The lowest BCUT2D eigenvalue weighted by Gasteiger charge is -2.17. The van der Waals surface area contributed by atoms with Gasteiger partial charge in [-0.25, -0.2) is 9.97 Å². The van der Waals surface area contributed by atoms with Gasteiger partial charge in [0.2, 0.25) is 5.91 Å². The number of pyridine rings is 1. The second-order valence-electron chi connectivity index (χ2n) is 6.50. The zero-order chi connectivity index (χ0) is 17.8. The number of anilines is 1. The van der Waals surface area contributed by atoms with Crippen molar-refractivity contribution in [2.24, 2.45) is 0 Å². The van der Waals surface area contributed by atoms with Crippen LogP contribution in [0.5, 0.6) is 0 Å². The molecule has 1 unspecified atom stereocenters. The van der Waals surface area contributed by atoms with E-state index < -0.39 is 0 Å². The highest BCUT2D eigenvalue weighted by atomic mass is 16.2. The number of amides is 1. The fourth-order valence-corrected chi connectivity index (χ4v) is 3.33. The Morgan fingerprint density at radius 3 is 2.81 bits per heavy atom. The van der Waals surface area contributed by atoms with Crippen molar-refractivity contribution in [2.45, 2.75) is 25.3 Å². The first-order chi connectivity index (χ1) is 12.8. The molecule has 0 aliphatic carbocycles. The summed E-state index contributed by atoms with van der Waals surface area (Å²) < 4.78 is 0. The van der Waals surface area contributed by atoms with Crippen molar-refractivity contribution in [1.82, 2.24) is 19.9 Å². The Kier molecular flexibility index (Phi) is 4.73. The molecule has 3 heterocycles. The van der Waals surface area contributed by atoms with Gasteiger partial charge in [-0.05, 0) is 37.0 Å². The van der Waals surface area contributed by atoms with Crippen LogP contribution in [0.1, 0.15) is 18.4 Å². The largest absolute Gasteiger partial charge is 0.358 e. The minimum absolute atomic E-state index is 0.152. The number of hydrogen-bond acceptors (Lipinski definition) is 5. The molecule has 132 valence electrons. The van der Waals surface area contributed by atoms with E-state index in [2.05, 4.69) is 44.5 Å². The number of nitrogens with zero attached hydrogens (tertiary/aromatic N) is 4. The average molecular weight is 347 g/mol. The summed E-state index contributed by atoms with van der Waals surface area (Å²) in [5.74, 6) is 0.821. The predicted molar refractivity (Wildman–Crippen MR) is 101 cm³/mol. The van der Waals surface area contributed by atoms with Gasteiger partial charge >= 0.3 is 0 Å². The van der Waals surface area contributed by atoms with Crippen LogP contribution in [0.25, 0.3) is 11.2 Å². The van der Waals surface area contributed by atoms with E-state index in [-0.39, 0.29) is 11.9 Å². The average Bonchev–Trinajstić information content (AvgIpc) is 3.02. The normalized spacial score (nSPS) is 17.0. The maximum atomic E-state index is 12.6. The summed E-state index contributed by atoms with van der Waals surface area (Å²) in [6, 6.07) is 13.9. The van der Waals surface area contributed by atoms with Crippen LogP contribution in [0.3, 0.4) is 0 Å². The molecule has 4 rings (SSSR count). The number of aryl methyl sites for hydroxylation is 1. The Morgan fingerprint density at radius 2 is 1.92 bits per heavy atom. The first-order valence-corrected chi connectivity index (χ1v) is 8.96. The van der Waals surface area contributed by atoms with E-state index >= 15 is 0 Å². The van der Waals surface area contributed by atoms with Crippen LogP contribution in [0.15, 0.2) is 54.9 Å². The van der Waals surface area contributed by atoms with Gasteiger partial charge in [0.25, 0.3) is 0 Å². The van der Waals surface area contributed by atoms with Crippen LogP contribution in [-0.4, -0.2) is 44.9 Å². The van der Waals surface area contributed by atoms with Gasteiger partial charge in [-0.1, -0.05) is 30.3 Å². The fourth-order valence-electron chi connectivity index (χ4n) is 3.33. The zero-order valence-electron chi connectivity index (χ0n) is 14.5. The summed E-state index contributed by atoms with van der Waals surface area (Å²) in [6.07, 6.45) is 6.03. The molecule has 1 aliphatic rings. The van der Waals surface area contributed by atoms with Gasteiger partial charge in [0.05, 0.1) is 0 Å². The maximum Gasteiger partial charge on any atom is 0.245 e. The molecule has 0 bridgehead atoms. The molecule has 0 saturated carbocycles. The van der Waals surface area contributed by atoms with Gasteiger partial charge in [-0.3, -0.25) is 9.78 Å². The van der Waals surface area contributed by atoms with E-state index in [0.717, 1.165) is 37.9 Å². The monoisotopic (exact) mass is 347 g/mol. The third kappa shape index (κ3) is 3.64. The SMILES string of the molecule is O=C1C(Nc2ccc3nccnc3n2)CCN1CCCc1ccccc1. The third-order valence-electron chi connectivity index (χ3n) is 4.69. The molecule has 0 radical (unpaired) electrons. The van der Waals surface area contributed by atoms with E-state index in [9.17, 15) is 4.79 Å². The number of rotatable bonds is 6. The van der Waals surface area contributed by atoms with E-state index in [0.29, 0.717) is 11.5 Å². The van der Waals surface area contributed by atoms with Gasteiger partial charge in [0.1, 0.15) is 17.4 Å². The summed E-state index contributed by atoms with van der Waals surface area (Å²) in [4.78, 5) is 27.4. The van der Waals surface area contributed by atoms with Crippen LogP contribution < -0.4 is 5.32 Å². The van der Waals surface area contributed by atoms with E-state index in [1.165, 1.54) is 5.56 Å². The summed E-state index contributed by atoms with van der Waals surface area (Å²) in [5, 5.41) is 3.25. The molecule has 1 aromatic carbocycles. The molecule has 0 spiro atoms. The predicted octanol–water partition coefficient (Wildman–Crippen LogP) is 2.67. The van der Waals surface area contributed by atoms with Crippen molar-refractivity contribution < 1.29 is 4.79 Å². The number of likely N-dealkylation sites (tertiary alicyclic amines) is 1. The lowest BCUT2D eigenvalue weighted by molar-refractivity contribution is -0.128. The van der Waals surface area contributed by atoms with Crippen molar-refractivity contribution in [3.8, 4) is 0 Å². The molecule has 2 aromatic heterocycles. The first kappa shape index (κ1) is 16.4. The van der Waals surface area contributed by atoms with Gasteiger partial charge in [0, 0.05) is 25.5 Å². The van der Waals surface area contributed by atoms with Crippen LogP contribution in [0.2, 0.25) is 0 Å². The molecule has 6 heteroatoms. The van der Waals surface area contributed by atoms with Crippen molar-refractivity contribution >= 4 is 22.9 Å². The van der Waals surface area contributed by atoms with E-state index in [1.54, 1.807) is 12.4 Å². The number of carbonyl (C=O) groups is 1. The van der Waals surface area contributed by atoms with E-state index in [4.69, 9.17) is 0 Å². The summed E-state index contributed by atoms with van der Waals surface area (Å²) in [5.41, 5.74) is 2.65. The Labute approximate surface area is 152 Å². The molecule has 1 atom stereocenters.